The van der Waals surface area contributed by atoms with E-state index in [-0.39, 0.29) is 38.8 Å². The van der Waals surface area contributed by atoms with E-state index in [0.29, 0.717) is 40.3 Å². The first-order valence-electron chi connectivity index (χ1n) is 11.5. The molecule has 2 amide bonds. The minimum absolute atomic E-state index is 0.0349. The molecule has 5 rings (SSSR count). The van der Waals surface area contributed by atoms with Gasteiger partial charge < -0.3 is 15.4 Å². The highest BCUT2D eigenvalue weighted by Crippen LogP contribution is 2.50. The predicted molar refractivity (Wildman–Crippen MR) is 144 cm³/mol. The van der Waals surface area contributed by atoms with Crippen LogP contribution in [-0.2, 0) is 10.2 Å². The number of halogens is 3. The molecule has 2 aromatic heterocycles. The number of carbonyl (C=O) groups is 2. The Labute approximate surface area is 230 Å². The second-order valence-electron chi connectivity index (χ2n) is 8.57. The van der Waals surface area contributed by atoms with Gasteiger partial charge in [0.1, 0.15) is 21.9 Å². The maximum Gasteiger partial charge on any atom is 0.257 e. The van der Waals surface area contributed by atoms with Crippen molar-refractivity contribution in [2.24, 2.45) is 0 Å². The van der Waals surface area contributed by atoms with Gasteiger partial charge in [-0.1, -0.05) is 53.6 Å². The highest BCUT2D eigenvalue weighted by Gasteiger charge is 2.46. The molecule has 1 saturated carbocycles. The Morgan fingerprint density at radius 1 is 1.18 bits per heavy atom. The Bertz CT molecular complexity index is 1650. The third-order valence-corrected chi connectivity index (χ3v) is 7.59. The molecule has 2 aromatic carbocycles. The van der Waals surface area contributed by atoms with Crippen molar-refractivity contribution in [3.63, 3.8) is 0 Å². The van der Waals surface area contributed by atoms with Gasteiger partial charge in [0.15, 0.2) is 5.13 Å². The lowest BCUT2D eigenvalue weighted by atomic mass is 9.95. The number of pyridine rings is 1. The predicted octanol–water partition coefficient (Wildman–Crippen LogP) is 7.09. The van der Waals surface area contributed by atoms with Crippen molar-refractivity contribution in [2.45, 2.75) is 31.6 Å². The van der Waals surface area contributed by atoms with Crippen molar-refractivity contribution in [2.75, 3.05) is 10.6 Å². The number of nitriles is 1. The SMILES string of the molecule is CCC(=O)Nc1nc2ccc(Oc3cc(NC(=O)c4cccc(C5(C#N)CC5)c4Cl)c(F)cc3Cl)nc2s1. The summed E-state index contributed by atoms with van der Waals surface area (Å²) in [7, 11) is 0. The molecule has 2 heterocycles. The number of ether oxygens (including phenoxy) is 1. The van der Waals surface area contributed by atoms with Gasteiger partial charge in [-0.05, 0) is 36.6 Å². The summed E-state index contributed by atoms with van der Waals surface area (Å²) < 4.78 is 20.5. The van der Waals surface area contributed by atoms with Gasteiger partial charge in [0.2, 0.25) is 11.8 Å². The fourth-order valence-electron chi connectivity index (χ4n) is 3.77. The summed E-state index contributed by atoms with van der Waals surface area (Å²) in [5.41, 5.74) is 0.396. The van der Waals surface area contributed by atoms with Crippen molar-refractivity contribution >= 4 is 67.5 Å². The number of anilines is 2. The zero-order valence-corrected chi connectivity index (χ0v) is 22.1. The largest absolute Gasteiger partial charge is 0.437 e. The minimum atomic E-state index is -0.777. The lowest BCUT2D eigenvalue weighted by Gasteiger charge is -2.14. The van der Waals surface area contributed by atoms with Gasteiger partial charge >= 0.3 is 0 Å². The molecule has 38 heavy (non-hydrogen) atoms. The van der Waals surface area contributed by atoms with Crippen LogP contribution in [0.1, 0.15) is 42.1 Å². The number of nitrogens with one attached hydrogen (secondary N) is 2. The molecule has 12 heteroatoms. The molecular formula is C26H18Cl2FN5O3S. The Balaban J connectivity index is 1.38. The van der Waals surface area contributed by atoms with Gasteiger partial charge in [0.05, 0.1) is 32.8 Å². The average Bonchev–Trinajstić information content (AvgIpc) is 3.59. The number of aromatic nitrogens is 2. The van der Waals surface area contributed by atoms with Crippen molar-refractivity contribution < 1.29 is 18.7 Å². The molecule has 0 spiro atoms. The van der Waals surface area contributed by atoms with E-state index in [4.69, 9.17) is 27.9 Å². The van der Waals surface area contributed by atoms with E-state index < -0.39 is 17.1 Å². The van der Waals surface area contributed by atoms with Gasteiger partial charge in [-0.2, -0.15) is 5.26 Å². The van der Waals surface area contributed by atoms with Crippen molar-refractivity contribution in [1.82, 2.24) is 9.97 Å². The van der Waals surface area contributed by atoms with Crippen LogP contribution < -0.4 is 15.4 Å². The molecule has 0 saturated heterocycles. The second kappa shape index (κ2) is 10.2. The smallest absolute Gasteiger partial charge is 0.257 e. The molecule has 1 fully saturated rings. The Kier molecular flexibility index (Phi) is 6.92. The number of benzene rings is 2. The Morgan fingerprint density at radius 2 is 1.97 bits per heavy atom. The lowest BCUT2D eigenvalue weighted by Crippen LogP contribution is -2.15. The van der Waals surface area contributed by atoms with Crippen LogP contribution in [0.2, 0.25) is 10.0 Å². The van der Waals surface area contributed by atoms with Crippen LogP contribution in [0.5, 0.6) is 11.6 Å². The number of nitrogens with zero attached hydrogens (tertiary/aromatic N) is 3. The molecule has 0 radical (unpaired) electrons. The summed E-state index contributed by atoms with van der Waals surface area (Å²) in [5.74, 6) is -1.38. The van der Waals surface area contributed by atoms with Crippen molar-refractivity contribution in [1.29, 1.82) is 5.26 Å². The van der Waals surface area contributed by atoms with E-state index in [1.807, 2.05) is 0 Å². The fraction of sp³-hybridized carbons (Fsp3) is 0.192. The van der Waals surface area contributed by atoms with Crippen LogP contribution in [-0.4, -0.2) is 21.8 Å². The Hall–Kier alpha value is -3.78. The van der Waals surface area contributed by atoms with Crippen molar-refractivity contribution in [3.05, 3.63) is 69.5 Å². The van der Waals surface area contributed by atoms with Gasteiger partial charge in [0, 0.05) is 18.6 Å². The standard InChI is InChI=1S/C26H18Cl2FN5O3S/c1-2-20(35)33-25-32-17-6-7-21(34-24(17)38-25)37-19-11-18(16(29)10-15(19)27)31-23(36)13-4-3-5-14(22(13)28)26(12-30)8-9-26/h3-7,10-11H,2,8-9H2,1H3,(H,31,36)(H,32,33,35). The maximum absolute atomic E-state index is 14.7. The van der Waals surface area contributed by atoms with E-state index in [1.54, 1.807) is 31.2 Å². The van der Waals surface area contributed by atoms with Gasteiger partial charge in [-0.15, -0.1) is 0 Å². The zero-order chi connectivity index (χ0) is 27.0. The molecular weight excluding hydrogens is 552 g/mol. The van der Waals surface area contributed by atoms with Crippen LogP contribution >= 0.6 is 34.5 Å². The van der Waals surface area contributed by atoms with Crippen molar-refractivity contribution in [3.8, 4) is 17.7 Å². The van der Waals surface area contributed by atoms with Crippen LogP contribution in [0, 0.1) is 17.1 Å². The number of hydrogen-bond donors (Lipinski definition) is 2. The van der Waals surface area contributed by atoms with E-state index in [2.05, 4.69) is 26.7 Å². The molecule has 4 aromatic rings. The second-order valence-corrected chi connectivity index (χ2v) is 10.3. The number of carbonyl (C=O) groups excluding carboxylic acids is 2. The number of rotatable bonds is 7. The summed E-state index contributed by atoms with van der Waals surface area (Å²) in [6.07, 6.45) is 1.64. The quantitative estimate of drug-likeness (QED) is 0.245. The molecule has 1 aliphatic rings. The lowest BCUT2D eigenvalue weighted by molar-refractivity contribution is -0.115. The number of amides is 2. The molecule has 192 valence electrons. The molecule has 0 unspecified atom stereocenters. The highest BCUT2D eigenvalue weighted by atomic mass is 35.5. The Morgan fingerprint density at radius 3 is 2.68 bits per heavy atom. The monoisotopic (exact) mass is 569 g/mol. The highest BCUT2D eigenvalue weighted by molar-refractivity contribution is 7.21. The van der Waals surface area contributed by atoms with E-state index in [9.17, 15) is 19.2 Å². The topological polar surface area (TPSA) is 117 Å². The van der Waals surface area contributed by atoms with Gasteiger partial charge in [-0.3, -0.25) is 9.59 Å². The maximum atomic E-state index is 14.7. The van der Waals surface area contributed by atoms with E-state index in [0.717, 1.165) is 6.07 Å². The normalized spacial score (nSPS) is 13.6. The average molecular weight is 570 g/mol. The molecule has 0 bridgehead atoms. The van der Waals surface area contributed by atoms with Crippen LogP contribution in [0.3, 0.4) is 0 Å². The summed E-state index contributed by atoms with van der Waals surface area (Å²) in [4.78, 5) is 33.9. The first-order valence-corrected chi connectivity index (χ1v) is 13.1. The summed E-state index contributed by atoms with van der Waals surface area (Å²) >= 11 is 13.9. The molecule has 0 atom stereocenters. The van der Waals surface area contributed by atoms with E-state index in [1.165, 1.54) is 23.5 Å². The summed E-state index contributed by atoms with van der Waals surface area (Å²) in [5, 5.41) is 15.2. The first kappa shape index (κ1) is 25.9. The van der Waals surface area contributed by atoms with Gasteiger partial charge in [-0.25, -0.2) is 14.4 Å². The number of hydrogen-bond acceptors (Lipinski definition) is 7. The molecule has 1 aliphatic carbocycles. The summed E-state index contributed by atoms with van der Waals surface area (Å²) in [6.45, 7) is 1.74. The molecule has 2 N–H and O–H groups in total. The number of thiazole rings is 1. The first-order chi connectivity index (χ1) is 18.2. The third kappa shape index (κ3) is 5.00. The summed E-state index contributed by atoms with van der Waals surface area (Å²) in [6, 6.07) is 12.6. The van der Waals surface area contributed by atoms with Crippen LogP contribution in [0.15, 0.2) is 42.5 Å². The zero-order valence-electron chi connectivity index (χ0n) is 19.8. The number of fused-ring (bicyclic) bond motifs is 1. The molecule has 8 nitrogen and oxygen atoms in total. The van der Waals surface area contributed by atoms with E-state index >= 15 is 0 Å². The minimum Gasteiger partial charge on any atom is -0.437 e. The fourth-order valence-corrected chi connectivity index (χ4v) is 5.19. The molecule has 0 aliphatic heterocycles. The third-order valence-electron chi connectivity index (χ3n) is 6.00. The van der Waals surface area contributed by atoms with Crippen LogP contribution in [0.25, 0.3) is 10.3 Å². The van der Waals surface area contributed by atoms with Crippen LogP contribution in [0.4, 0.5) is 15.2 Å². The van der Waals surface area contributed by atoms with Gasteiger partial charge in [0.25, 0.3) is 5.91 Å².